The predicted octanol–water partition coefficient (Wildman–Crippen LogP) is 2.12. The molecule has 0 aromatic heterocycles. The lowest BCUT2D eigenvalue weighted by Crippen LogP contribution is -2.23. The van der Waals surface area contributed by atoms with Crippen LogP contribution < -0.4 is 0 Å². The average molecular weight is 245 g/mol. The summed E-state index contributed by atoms with van der Waals surface area (Å²) in [4.78, 5) is 17.4. The molecule has 2 N–H and O–H groups in total. The summed E-state index contributed by atoms with van der Waals surface area (Å²) in [5.74, 6) is 0. The minimum Gasteiger partial charge on any atom is -0.324 e. The summed E-state index contributed by atoms with van der Waals surface area (Å²) in [5.41, 5.74) is 0. The molecule has 0 aliphatic carbocycles. The molecule has 0 aromatic rings. The molecule has 0 rings (SSSR count). The molecular formula is C6H14BrO3P. The van der Waals surface area contributed by atoms with Gasteiger partial charge >= 0.3 is 7.60 Å². The number of halogens is 1. The van der Waals surface area contributed by atoms with Gasteiger partial charge in [-0.25, -0.2) is 0 Å². The van der Waals surface area contributed by atoms with Crippen LogP contribution in [0, 0.1) is 0 Å². The summed E-state index contributed by atoms with van der Waals surface area (Å²) in [6, 6.07) is 0. The highest BCUT2D eigenvalue weighted by Gasteiger charge is 2.30. The predicted molar refractivity (Wildman–Crippen MR) is 49.2 cm³/mol. The van der Waals surface area contributed by atoms with Gasteiger partial charge in [0.05, 0.1) is 6.16 Å². The second-order valence-electron chi connectivity index (χ2n) is 2.68. The third-order valence-corrected chi connectivity index (χ3v) is 4.61. The van der Waals surface area contributed by atoms with Gasteiger partial charge in [-0.05, 0) is 12.8 Å². The molecule has 0 atom stereocenters. The van der Waals surface area contributed by atoms with E-state index in [1.807, 2.05) is 13.8 Å². The Morgan fingerprint density at radius 1 is 1.36 bits per heavy atom. The summed E-state index contributed by atoms with van der Waals surface area (Å²) < 4.78 is 10.2. The molecule has 0 aliphatic rings. The highest BCUT2D eigenvalue weighted by atomic mass is 79.9. The van der Waals surface area contributed by atoms with Crippen LogP contribution in [0.3, 0.4) is 0 Å². The van der Waals surface area contributed by atoms with E-state index in [4.69, 9.17) is 9.79 Å². The molecule has 0 spiro atoms. The molecule has 0 aromatic carbocycles. The van der Waals surface area contributed by atoms with Crippen molar-refractivity contribution in [3.8, 4) is 0 Å². The van der Waals surface area contributed by atoms with Crippen LogP contribution in [0.25, 0.3) is 0 Å². The standard InChI is InChI=1S/C6H14BrO3P/c1-3-6(7,4-2)5-11(8,9)10/h3-5H2,1-2H3,(H2,8,9,10). The van der Waals surface area contributed by atoms with E-state index in [1.54, 1.807) is 0 Å². The van der Waals surface area contributed by atoms with Crippen LogP contribution in [0.2, 0.25) is 0 Å². The zero-order valence-corrected chi connectivity index (χ0v) is 9.23. The fourth-order valence-corrected chi connectivity index (χ4v) is 3.01. The van der Waals surface area contributed by atoms with Crippen molar-refractivity contribution in [3.05, 3.63) is 0 Å². The highest BCUT2D eigenvalue weighted by Crippen LogP contribution is 2.44. The summed E-state index contributed by atoms with van der Waals surface area (Å²) in [6.45, 7) is 3.82. The third kappa shape index (κ3) is 4.96. The molecule has 0 unspecified atom stereocenters. The second kappa shape index (κ2) is 4.04. The number of hydrogen-bond donors (Lipinski definition) is 2. The van der Waals surface area contributed by atoms with Crippen molar-refractivity contribution < 1.29 is 14.4 Å². The molecule has 0 aliphatic heterocycles. The Morgan fingerprint density at radius 2 is 1.73 bits per heavy atom. The van der Waals surface area contributed by atoms with Crippen molar-refractivity contribution >= 4 is 23.5 Å². The quantitative estimate of drug-likeness (QED) is 0.589. The Bertz CT molecular complexity index is 161. The maximum atomic E-state index is 10.6. The van der Waals surface area contributed by atoms with Gasteiger partial charge in [-0.1, -0.05) is 29.8 Å². The van der Waals surface area contributed by atoms with Gasteiger partial charge in [-0.3, -0.25) is 4.57 Å². The fraction of sp³-hybridized carbons (Fsp3) is 1.00. The normalized spacial score (nSPS) is 13.5. The molecule has 0 saturated carbocycles. The lowest BCUT2D eigenvalue weighted by atomic mass is 10.1. The van der Waals surface area contributed by atoms with Crippen molar-refractivity contribution in [1.82, 2.24) is 0 Å². The molecule has 3 nitrogen and oxygen atoms in total. The van der Waals surface area contributed by atoms with E-state index in [1.165, 1.54) is 0 Å². The van der Waals surface area contributed by atoms with Gasteiger partial charge in [0, 0.05) is 4.32 Å². The maximum Gasteiger partial charge on any atom is 0.326 e. The van der Waals surface area contributed by atoms with Gasteiger partial charge in [-0.2, -0.15) is 0 Å². The Balaban J connectivity index is 4.20. The summed E-state index contributed by atoms with van der Waals surface area (Å²) >= 11 is 3.33. The van der Waals surface area contributed by atoms with Crippen LogP contribution in [0.15, 0.2) is 0 Å². The van der Waals surface area contributed by atoms with E-state index in [0.29, 0.717) is 0 Å². The van der Waals surface area contributed by atoms with Gasteiger partial charge < -0.3 is 9.79 Å². The van der Waals surface area contributed by atoms with E-state index in [-0.39, 0.29) is 10.5 Å². The van der Waals surface area contributed by atoms with Crippen LogP contribution in [0.1, 0.15) is 26.7 Å². The van der Waals surface area contributed by atoms with Gasteiger partial charge in [0.25, 0.3) is 0 Å². The lowest BCUT2D eigenvalue weighted by molar-refractivity contribution is 0.364. The zero-order chi connectivity index (χ0) is 9.12. The van der Waals surface area contributed by atoms with E-state index in [0.717, 1.165) is 12.8 Å². The van der Waals surface area contributed by atoms with Gasteiger partial charge in [-0.15, -0.1) is 0 Å². The Kier molecular flexibility index (Phi) is 4.27. The van der Waals surface area contributed by atoms with E-state index < -0.39 is 7.60 Å². The van der Waals surface area contributed by atoms with Crippen LogP contribution in [-0.4, -0.2) is 20.3 Å². The van der Waals surface area contributed by atoms with Gasteiger partial charge in [0.2, 0.25) is 0 Å². The molecule has 0 heterocycles. The van der Waals surface area contributed by atoms with E-state index >= 15 is 0 Å². The number of alkyl halides is 1. The van der Waals surface area contributed by atoms with Crippen LogP contribution >= 0.6 is 23.5 Å². The number of rotatable bonds is 4. The molecule has 0 radical (unpaired) electrons. The first-order valence-electron chi connectivity index (χ1n) is 3.56. The summed E-state index contributed by atoms with van der Waals surface area (Å²) in [6.07, 6.45) is 1.39. The van der Waals surface area contributed by atoms with Crippen molar-refractivity contribution in [1.29, 1.82) is 0 Å². The molecule has 0 amide bonds. The maximum absolute atomic E-state index is 10.6. The highest BCUT2D eigenvalue weighted by molar-refractivity contribution is 9.10. The van der Waals surface area contributed by atoms with Crippen LogP contribution in [-0.2, 0) is 4.57 Å². The lowest BCUT2D eigenvalue weighted by Gasteiger charge is -2.24. The summed E-state index contributed by atoms with van der Waals surface area (Å²) in [5, 5.41) is 0. The zero-order valence-electron chi connectivity index (χ0n) is 6.75. The monoisotopic (exact) mass is 244 g/mol. The van der Waals surface area contributed by atoms with Crippen LogP contribution in [0.4, 0.5) is 0 Å². The molecule has 0 saturated heterocycles. The molecule has 5 heteroatoms. The van der Waals surface area contributed by atoms with Crippen molar-refractivity contribution in [3.63, 3.8) is 0 Å². The SMILES string of the molecule is CCC(Br)(CC)CP(=O)(O)O. The van der Waals surface area contributed by atoms with E-state index in [2.05, 4.69) is 15.9 Å². The third-order valence-electron chi connectivity index (χ3n) is 1.76. The largest absolute Gasteiger partial charge is 0.326 e. The molecular weight excluding hydrogens is 231 g/mol. The summed E-state index contributed by atoms with van der Waals surface area (Å²) in [7, 11) is -3.87. The Labute approximate surface area is 75.5 Å². The van der Waals surface area contributed by atoms with Crippen molar-refractivity contribution in [2.75, 3.05) is 6.16 Å². The second-order valence-corrected chi connectivity index (χ2v) is 6.01. The molecule has 68 valence electrons. The average Bonchev–Trinajstić information content (AvgIpc) is 1.84. The molecule has 0 bridgehead atoms. The number of hydrogen-bond acceptors (Lipinski definition) is 1. The Hall–Kier alpha value is 0.630. The van der Waals surface area contributed by atoms with Gasteiger partial charge in [0.1, 0.15) is 0 Å². The minimum absolute atomic E-state index is 0.0764. The fourth-order valence-electron chi connectivity index (χ4n) is 0.843. The minimum atomic E-state index is -3.87. The molecule has 0 fully saturated rings. The van der Waals surface area contributed by atoms with Crippen LogP contribution in [0.5, 0.6) is 0 Å². The topological polar surface area (TPSA) is 57.5 Å². The first kappa shape index (κ1) is 11.6. The Morgan fingerprint density at radius 3 is 1.82 bits per heavy atom. The first-order valence-corrected chi connectivity index (χ1v) is 6.15. The molecule has 11 heavy (non-hydrogen) atoms. The van der Waals surface area contributed by atoms with Crippen molar-refractivity contribution in [2.24, 2.45) is 0 Å². The van der Waals surface area contributed by atoms with E-state index in [9.17, 15) is 4.57 Å². The van der Waals surface area contributed by atoms with Crippen molar-refractivity contribution in [2.45, 2.75) is 31.0 Å². The first-order chi connectivity index (χ1) is 4.83. The smallest absolute Gasteiger partial charge is 0.324 e. The van der Waals surface area contributed by atoms with Gasteiger partial charge in [0.15, 0.2) is 0 Å².